The molecule has 2 fully saturated rings. The number of piperidine rings is 1. The topological polar surface area (TPSA) is 70.4 Å². The summed E-state index contributed by atoms with van der Waals surface area (Å²) in [6.07, 6.45) is 11.1. The molecule has 0 amide bonds. The first-order valence-electron chi connectivity index (χ1n) is 9.88. The van der Waals surface area contributed by atoms with Gasteiger partial charge in [-0.05, 0) is 39.2 Å². The zero-order valence-corrected chi connectivity index (χ0v) is 18.5. The first-order valence-corrected chi connectivity index (χ1v) is 9.88. The Kier molecular flexibility index (Phi) is 9.10. The van der Waals surface area contributed by atoms with E-state index in [1.54, 1.807) is 11.0 Å². The van der Waals surface area contributed by atoms with Gasteiger partial charge in [-0.3, -0.25) is 9.58 Å². The van der Waals surface area contributed by atoms with Crippen molar-refractivity contribution in [2.24, 2.45) is 12.0 Å². The van der Waals surface area contributed by atoms with Crippen LogP contribution in [0.2, 0.25) is 0 Å². The Labute approximate surface area is 174 Å². The molecule has 2 N–H and O–H groups in total. The third-order valence-corrected chi connectivity index (χ3v) is 5.41. The second-order valence-corrected chi connectivity index (χ2v) is 7.27. The number of aromatic nitrogens is 3. The van der Waals surface area contributed by atoms with Crippen molar-refractivity contribution in [3.8, 4) is 0 Å². The van der Waals surface area contributed by atoms with Gasteiger partial charge in [0.2, 0.25) is 0 Å². The standard InChI is InChI=1S/C18H33N7.HI/c1-3-19-18(20-12-17-21-14-22-24(17)2)23-15-8-7-11-25(13-15)16-9-5-4-6-10-16;/h14-16H,3-13H2,1-2H3,(H2,19,20,23);1H. The molecule has 1 unspecified atom stereocenters. The molecule has 148 valence electrons. The molecule has 0 bridgehead atoms. The predicted octanol–water partition coefficient (Wildman–Crippen LogP) is 2.29. The summed E-state index contributed by atoms with van der Waals surface area (Å²) in [5, 5.41) is 11.1. The third kappa shape index (κ3) is 6.07. The Morgan fingerprint density at radius 3 is 2.73 bits per heavy atom. The molecule has 3 rings (SSSR count). The van der Waals surface area contributed by atoms with Crippen molar-refractivity contribution in [3.63, 3.8) is 0 Å². The minimum atomic E-state index is 0. The minimum Gasteiger partial charge on any atom is -0.357 e. The third-order valence-electron chi connectivity index (χ3n) is 5.41. The maximum absolute atomic E-state index is 4.70. The van der Waals surface area contributed by atoms with E-state index in [4.69, 9.17) is 4.99 Å². The lowest BCUT2D eigenvalue weighted by Crippen LogP contribution is -2.53. The lowest BCUT2D eigenvalue weighted by atomic mass is 9.92. The number of hydrogen-bond acceptors (Lipinski definition) is 4. The van der Waals surface area contributed by atoms with Crippen LogP contribution in [0.4, 0.5) is 0 Å². The number of hydrogen-bond donors (Lipinski definition) is 2. The van der Waals surface area contributed by atoms with Gasteiger partial charge >= 0.3 is 0 Å². The monoisotopic (exact) mass is 475 g/mol. The molecule has 8 heteroatoms. The van der Waals surface area contributed by atoms with Crippen LogP contribution >= 0.6 is 24.0 Å². The van der Waals surface area contributed by atoms with E-state index in [9.17, 15) is 0 Å². The molecule has 1 aromatic heterocycles. The Morgan fingerprint density at radius 2 is 2.04 bits per heavy atom. The number of aliphatic imine (C=N–C) groups is 1. The summed E-state index contributed by atoms with van der Waals surface area (Å²) < 4.78 is 1.78. The molecule has 0 radical (unpaired) electrons. The summed E-state index contributed by atoms with van der Waals surface area (Å²) in [4.78, 5) is 11.7. The van der Waals surface area contributed by atoms with Crippen LogP contribution in [0.1, 0.15) is 57.7 Å². The smallest absolute Gasteiger partial charge is 0.191 e. The fraction of sp³-hybridized carbons (Fsp3) is 0.833. The van der Waals surface area contributed by atoms with Crippen molar-refractivity contribution >= 4 is 29.9 Å². The number of rotatable bonds is 5. The van der Waals surface area contributed by atoms with E-state index in [1.807, 2.05) is 7.05 Å². The lowest BCUT2D eigenvalue weighted by molar-refractivity contribution is 0.115. The average Bonchev–Trinajstić information content (AvgIpc) is 3.06. The van der Waals surface area contributed by atoms with Crippen LogP contribution in [0.25, 0.3) is 0 Å². The highest BCUT2D eigenvalue weighted by atomic mass is 127. The van der Waals surface area contributed by atoms with Crippen LogP contribution in [-0.4, -0.2) is 57.3 Å². The zero-order chi connectivity index (χ0) is 17.5. The van der Waals surface area contributed by atoms with Crippen molar-refractivity contribution < 1.29 is 0 Å². The number of nitrogens with one attached hydrogen (secondary N) is 2. The minimum absolute atomic E-state index is 0. The van der Waals surface area contributed by atoms with E-state index >= 15 is 0 Å². The number of aryl methyl sites for hydroxylation is 1. The predicted molar refractivity (Wildman–Crippen MR) is 116 cm³/mol. The van der Waals surface area contributed by atoms with Crippen molar-refractivity contribution in [3.05, 3.63) is 12.2 Å². The fourth-order valence-corrected chi connectivity index (χ4v) is 4.03. The molecular weight excluding hydrogens is 441 g/mol. The van der Waals surface area contributed by atoms with Gasteiger partial charge in [-0.1, -0.05) is 19.3 Å². The number of guanidine groups is 1. The molecule has 7 nitrogen and oxygen atoms in total. The molecule has 1 saturated heterocycles. The van der Waals surface area contributed by atoms with Gasteiger partial charge in [0.05, 0.1) is 0 Å². The number of nitrogens with zero attached hydrogens (tertiary/aromatic N) is 5. The van der Waals surface area contributed by atoms with Crippen molar-refractivity contribution in [1.29, 1.82) is 0 Å². The van der Waals surface area contributed by atoms with E-state index in [1.165, 1.54) is 51.5 Å². The van der Waals surface area contributed by atoms with Crippen molar-refractivity contribution in [1.82, 2.24) is 30.3 Å². The lowest BCUT2D eigenvalue weighted by Gasteiger charge is -2.40. The van der Waals surface area contributed by atoms with Crippen LogP contribution in [0.15, 0.2) is 11.3 Å². The molecule has 0 spiro atoms. The number of halogens is 1. The van der Waals surface area contributed by atoms with Crippen molar-refractivity contribution in [2.45, 2.75) is 70.5 Å². The van der Waals surface area contributed by atoms with E-state index in [0.29, 0.717) is 12.6 Å². The summed E-state index contributed by atoms with van der Waals surface area (Å²) >= 11 is 0. The van der Waals surface area contributed by atoms with Gasteiger partial charge in [-0.15, -0.1) is 24.0 Å². The van der Waals surface area contributed by atoms with Crippen molar-refractivity contribution in [2.75, 3.05) is 19.6 Å². The van der Waals surface area contributed by atoms with E-state index in [-0.39, 0.29) is 24.0 Å². The van der Waals surface area contributed by atoms with Gasteiger partial charge in [0, 0.05) is 32.2 Å². The first kappa shape index (κ1) is 21.4. The molecule has 1 aliphatic carbocycles. The molecule has 0 aromatic carbocycles. The first-order chi connectivity index (χ1) is 12.3. The van der Waals surface area contributed by atoms with Gasteiger partial charge in [0.15, 0.2) is 5.96 Å². The SMILES string of the molecule is CCNC(=NCc1ncnn1C)NC1CCCN(C2CCCCC2)C1.I. The van der Waals surface area contributed by atoms with E-state index < -0.39 is 0 Å². The van der Waals surface area contributed by atoms with Gasteiger partial charge in [-0.25, -0.2) is 9.98 Å². The highest BCUT2D eigenvalue weighted by Crippen LogP contribution is 2.25. The molecule has 1 atom stereocenters. The average molecular weight is 475 g/mol. The summed E-state index contributed by atoms with van der Waals surface area (Å²) in [5.74, 6) is 1.77. The summed E-state index contributed by atoms with van der Waals surface area (Å²) in [6.45, 7) is 5.91. The molecule has 26 heavy (non-hydrogen) atoms. The Morgan fingerprint density at radius 1 is 1.23 bits per heavy atom. The van der Waals surface area contributed by atoms with E-state index in [0.717, 1.165) is 30.9 Å². The highest BCUT2D eigenvalue weighted by Gasteiger charge is 2.27. The largest absolute Gasteiger partial charge is 0.357 e. The van der Waals surface area contributed by atoms with Crippen LogP contribution in [0.5, 0.6) is 0 Å². The molecule has 1 aliphatic heterocycles. The molecule has 2 heterocycles. The van der Waals surface area contributed by atoms with Crippen LogP contribution in [-0.2, 0) is 13.6 Å². The summed E-state index contributed by atoms with van der Waals surface area (Å²) in [7, 11) is 1.90. The quantitative estimate of drug-likeness (QED) is 0.389. The molecule has 1 aromatic rings. The van der Waals surface area contributed by atoms with Gasteiger partial charge in [0.1, 0.15) is 18.7 Å². The normalized spacial score (nSPS) is 22.7. The molecular formula is C18H34IN7. The van der Waals surface area contributed by atoms with Crippen LogP contribution < -0.4 is 10.6 Å². The summed E-state index contributed by atoms with van der Waals surface area (Å²) in [5.41, 5.74) is 0. The maximum atomic E-state index is 4.70. The Bertz CT molecular complexity index is 553. The molecule has 1 saturated carbocycles. The van der Waals surface area contributed by atoms with Crippen LogP contribution in [0, 0.1) is 0 Å². The number of likely N-dealkylation sites (tertiary alicyclic amines) is 1. The zero-order valence-electron chi connectivity index (χ0n) is 16.2. The van der Waals surface area contributed by atoms with Gasteiger partial charge < -0.3 is 10.6 Å². The second kappa shape index (κ2) is 11.1. The van der Waals surface area contributed by atoms with Gasteiger partial charge in [-0.2, -0.15) is 5.10 Å². The van der Waals surface area contributed by atoms with E-state index in [2.05, 4.69) is 32.5 Å². The fourth-order valence-electron chi connectivity index (χ4n) is 4.03. The second-order valence-electron chi connectivity index (χ2n) is 7.27. The van der Waals surface area contributed by atoms with Crippen LogP contribution in [0.3, 0.4) is 0 Å². The maximum Gasteiger partial charge on any atom is 0.191 e. The Balaban J connectivity index is 0.00000243. The molecule has 2 aliphatic rings. The summed E-state index contributed by atoms with van der Waals surface area (Å²) in [6, 6.07) is 1.28. The van der Waals surface area contributed by atoms with Gasteiger partial charge in [0.25, 0.3) is 0 Å². The highest BCUT2D eigenvalue weighted by molar-refractivity contribution is 14.0. The Hall–Kier alpha value is -0.900.